The van der Waals surface area contributed by atoms with E-state index in [1.807, 2.05) is 24.3 Å². The molecular weight excluding hydrogens is 296 g/mol. The van der Waals surface area contributed by atoms with Gasteiger partial charge in [0.25, 0.3) is 0 Å². The maximum Gasteiger partial charge on any atom is 0.115 e. The molecule has 4 heteroatoms. The summed E-state index contributed by atoms with van der Waals surface area (Å²) in [5, 5.41) is 10.3. The summed E-state index contributed by atoms with van der Waals surface area (Å²) < 4.78 is 0. The van der Waals surface area contributed by atoms with E-state index in [2.05, 4.69) is 24.0 Å². The predicted octanol–water partition coefficient (Wildman–Crippen LogP) is 2.51. The van der Waals surface area contributed by atoms with Gasteiger partial charge in [-0.25, -0.2) is 0 Å². The van der Waals surface area contributed by atoms with Crippen molar-refractivity contribution in [2.75, 3.05) is 31.1 Å². The number of benzene rings is 2. The quantitative estimate of drug-likeness (QED) is 0.910. The fraction of sp³-hybridized carbons (Fsp3) is 0.333. The molecule has 3 rings (SSSR count). The first-order chi connectivity index (χ1) is 10.6. The lowest BCUT2D eigenvalue weighted by atomic mass is 10.1. The molecule has 0 unspecified atom stereocenters. The average Bonchev–Trinajstić information content (AvgIpc) is 2.56. The fourth-order valence-corrected chi connectivity index (χ4v) is 3.49. The number of nitrogens with one attached hydrogen (secondary N) is 1. The summed E-state index contributed by atoms with van der Waals surface area (Å²) >= 11 is 6.33. The molecule has 1 fully saturated rings. The summed E-state index contributed by atoms with van der Waals surface area (Å²) in [6, 6.07) is 16.0. The van der Waals surface area contributed by atoms with E-state index in [-0.39, 0.29) is 0 Å². The summed E-state index contributed by atoms with van der Waals surface area (Å²) in [5.41, 5.74) is 2.42. The minimum Gasteiger partial charge on any atom is -0.508 e. The number of rotatable bonds is 3. The molecule has 1 aliphatic rings. The van der Waals surface area contributed by atoms with Crippen molar-refractivity contribution >= 4 is 17.3 Å². The number of quaternary nitrogens is 1. The van der Waals surface area contributed by atoms with E-state index in [1.54, 1.807) is 17.0 Å². The second kappa shape index (κ2) is 6.59. The van der Waals surface area contributed by atoms with Gasteiger partial charge >= 0.3 is 0 Å². The standard InChI is InChI=1S/C18H21ClN2O/c1-14(17-4-2-3-5-18(17)19)20-10-12-21(13-11-20)15-6-8-16(22)9-7-15/h2-9,14,22H,10-13H2,1H3/p+1/t14-/m0/s1. The number of nitrogens with zero attached hydrogens (tertiary/aromatic N) is 1. The van der Waals surface area contributed by atoms with Crippen LogP contribution in [0.2, 0.25) is 5.02 Å². The van der Waals surface area contributed by atoms with Crippen LogP contribution in [0.4, 0.5) is 5.69 Å². The predicted molar refractivity (Wildman–Crippen MR) is 90.9 cm³/mol. The Labute approximate surface area is 136 Å². The molecule has 0 amide bonds. The molecule has 0 aromatic heterocycles. The Bertz CT molecular complexity index is 621. The first-order valence-corrected chi connectivity index (χ1v) is 8.16. The van der Waals surface area contributed by atoms with Crippen LogP contribution in [0, 0.1) is 0 Å². The van der Waals surface area contributed by atoms with Gasteiger partial charge in [0.05, 0.1) is 26.2 Å². The molecular formula is C18H22ClN2O+. The second-order valence-electron chi connectivity index (χ2n) is 5.90. The van der Waals surface area contributed by atoms with Crippen molar-refractivity contribution in [2.24, 2.45) is 0 Å². The van der Waals surface area contributed by atoms with Gasteiger partial charge in [-0.15, -0.1) is 0 Å². The monoisotopic (exact) mass is 317 g/mol. The van der Waals surface area contributed by atoms with Crippen molar-refractivity contribution in [3.63, 3.8) is 0 Å². The Morgan fingerprint density at radius 2 is 1.68 bits per heavy atom. The molecule has 0 radical (unpaired) electrons. The number of halogens is 1. The van der Waals surface area contributed by atoms with Crippen LogP contribution < -0.4 is 9.80 Å². The van der Waals surface area contributed by atoms with E-state index in [1.165, 1.54) is 11.3 Å². The highest BCUT2D eigenvalue weighted by Crippen LogP contribution is 2.21. The Morgan fingerprint density at radius 3 is 2.32 bits per heavy atom. The highest BCUT2D eigenvalue weighted by Gasteiger charge is 2.26. The largest absolute Gasteiger partial charge is 0.508 e. The lowest BCUT2D eigenvalue weighted by Gasteiger charge is -2.36. The number of aromatic hydroxyl groups is 1. The van der Waals surface area contributed by atoms with E-state index < -0.39 is 0 Å². The Morgan fingerprint density at radius 1 is 1.05 bits per heavy atom. The van der Waals surface area contributed by atoms with Gasteiger partial charge in [-0.3, -0.25) is 0 Å². The Balaban J connectivity index is 1.64. The van der Waals surface area contributed by atoms with Crippen molar-refractivity contribution in [2.45, 2.75) is 13.0 Å². The second-order valence-corrected chi connectivity index (χ2v) is 6.31. The van der Waals surface area contributed by atoms with Gasteiger partial charge < -0.3 is 14.9 Å². The van der Waals surface area contributed by atoms with Crippen LogP contribution in [0.15, 0.2) is 48.5 Å². The number of piperazine rings is 1. The molecule has 1 aliphatic heterocycles. The van der Waals surface area contributed by atoms with Crippen LogP contribution in [0.1, 0.15) is 18.5 Å². The molecule has 116 valence electrons. The fourth-order valence-electron chi connectivity index (χ4n) is 3.19. The highest BCUT2D eigenvalue weighted by molar-refractivity contribution is 6.31. The third kappa shape index (κ3) is 3.21. The van der Waals surface area contributed by atoms with Crippen LogP contribution in [-0.4, -0.2) is 31.3 Å². The lowest BCUT2D eigenvalue weighted by molar-refractivity contribution is -0.930. The topological polar surface area (TPSA) is 27.9 Å². The molecule has 1 atom stereocenters. The van der Waals surface area contributed by atoms with Gasteiger partial charge in [0.1, 0.15) is 11.8 Å². The molecule has 1 saturated heterocycles. The molecule has 0 bridgehead atoms. The van der Waals surface area contributed by atoms with Crippen molar-refractivity contribution in [3.8, 4) is 5.75 Å². The molecule has 0 aliphatic carbocycles. The highest BCUT2D eigenvalue weighted by atomic mass is 35.5. The van der Waals surface area contributed by atoms with Gasteiger partial charge in [-0.05, 0) is 37.3 Å². The van der Waals surface area contributed by atoms with Crippen molar-refractivity contribution in [1.82, 2.24) is 0 Å². The summed E-state index contributed by atoms with van der Waals surface area (Å²) in [5.74, 6) is 0.320. The summed E-state index contributed by atoms with van der Waals surface area (Å²) in [4.78, 5) is 3.95. The zero-order valence-electron chi connectivity index (χ0n) is 12.8. The van der Waals surface area contributed by atoms with E-state index >= 15 is 0 Å². The molecule has 2 aromatic rings. The Hall–Kier alpha value is -1.71. The molecule has 22 heavy (non-hydrogen) atoms. The van der Waals surface area contributed by atoms with E-state index in [0.717, 1.165) is 31.2 Å². The summed E-state index contributed by atoms with van der Waals surface area (Å²) in [6.45, 7) is 6.48. The first kappa shape index (κ1) is 15.2. The van der Waals surface area contributed by atoms with Gasteiger partial charge in [-0.2, -0.15) is 0 Å². The zero-order chi connectivity index (χ0) is 15.5. The normalized spacial score (nSPS) is 17.5. The molecule has 2 aromatic carbocycles. The molecule has 0 saturated carbocycles. The van der Waals surface area contributed by atoms with Gasteiger partial charge in [0, 0.05) is 16.3 Å². The van der Waals surface area contributed by atoms with Crippen LogP contribution in [0.5, 0.6) is 5.75 Å². The zero-order valence-corrected chi connectivity index (χ0v) is 13.6. The number of hydrogen-bond acceptors (Lipinski definition) is 2. The lowest BCUT2D eigenvalue weighted by Crippen LogP contribution is -3.14. The van der Waals surface area contributed by atoms with Crippen LogP contribution >= 0.6 is 11.6 Å². The Kier molecular flexibility index (Phi) is 4.55. The van der Waals surface area contributed by atoms with E-state index in [9.17, 15) is 5.11 Å². The minimum absolute atomic E-state index is 0.320. The van der Waals surface area contributed by atoms with Crippen molar-refractivity contribution in [1.29, 1.82) is 0 Å². The van der Waals surface area contributed by atoms with E-state index in [0.29, 0.717) is 11.8 Å². The third-order valence-corrected chi connectivity index (χ3v) is 4.95. The van der Waals surface area contributed by atoms with E-state index in [4.69, 9.17) is 11.6 Å². The van der Waals surface area contributed by atoms with Gasteiger partial charge in [0.2, 0.25) is 0 Å². The number of anilines is 1. The van der Waals surface area contributed by atoms with Crippen LogP contribution in [0.25, 0.3) is 0 Å². The third-order valence-electron chi connectivity index (χ3n) is 4.60. The molecule has 1 heterocycles. The van der Waals surface area contributed by atoms with Gasteiger partial charge in [0.15, 0.2) is 0 Å². The number of hydrogen-bond donors (Lipinski definition) is 2. The van der Waals surface area contributed by atoms with Crippen LogP contribution in [-0.2, 0) is 0 Å². The van der Waals surface area contributed by atoms with Crippen molar-refractivity contribution < 1.29 is 10.0 Å². The summed E-state index contributed by atoms with van der Waals surface area (Å²) in [6.07, 6.45) is 0. The maximum atomic E-state index is 9.39. The number of phenols is 1. The summed E-state index contributed by atoms with van der Waals surface area (Å²) in [7, 11) is 0. The smallest absolute Gasteiger partial charge is 0.115 e. The molecule has 3 nitrogen and oxygen atoms in total. The van der Waals surface area contributed by atoms with Crippen molar-refractivity contribution in [3.05, 3.63) is 59.1 Å². The number of phenolic OH excluding ortho intramolecular Hbond substituents is 1. The maximum absolute atomic E-state index is 9.39. The van der Waals surface area contributed by atoms with Crippen LogP contribution in [0.3, 0.4) is 0 Å². The molecule has 2 N–H and O–H groups in total. The average molecular weight is 318 g/mol. The SMILES string of the molecule is C[C@@H](c1ccccc1Cl)[NH+]1CCN(c2ccc(O)cc2)CC1. The first-order valence-electron chi connectivity index (χ1n) is 7.78. The molecule has 0 spiro atoms. The van der Waals surface area contributed by atoms with Gasteiger partial charge in [-0.1, -0.05) is 29.8 Å². The minimum atomic E-state index is 0.320.